The number of carbonyl (C=O) groups excluding carboxylic acids is 1. The second kappa shape index (κ2) is 5.31. The zero-order valence-electron chi connectivity index (χ0n) is 12.2. The Hall–Kier alpha value is -1.02. The second-order valence-electron chi connectivity index (χ2n) is 6.53. The molecule has 122 valence electrons. The summed E-state index contributed by atoms with van der Waals surface area (Å²) >= 11 is 0. The molecule has 2 fully saturated rings. The number of aliphatic hydroxyl groups excluding tert-OH is 1. The summed E-state index contributed by atoms with van der Waals surface area (Å²) in [5, 5.41) is 9.44. The lowest BCUT2D eigenvalue weighted by Gasteiger charge is -2.38. The van der Waals surface area contributed by atoms with Gasteiger partial charge in [0, 0.05) is 12.0 Å². The fourth-order valence-electron chi connectivity index (χ4n) is 3.24. The Morgan fingerprint density at radius 1 is 1.29 bits per heavy atom. The van der Waals surface area contributed by atoms with Gasteiger partial charge in [-0.25, -0.2) is 4.79 Å². The highest BCUT2D eigenvalue weighted by Crippen LogP contribution is 2.46. The van der Waals surface area contributed by atoms with E-state index in [0.29, 0.717) is 6.42 Å². The number of likely N-dealkylation sites (tertiary alicyclic amines) is 1. The highest BCUT2D eigenvalue weighted by atomic mass is 19.4. The molecule has 1 aliphatic carbocycles. The Balaban J connectivity index is 2.07. The monoisotopic (exact) mass is 311 g/mol. The molecule has 0 aromatic carbocycles. The molecule has 0 spiro atoms. The SMILES string of the molecule is CC(C)(C)OC(=O)N1[C@@H]2C[C@@H]([C@@H](OC(F)(F)F)C2)[C@@H]1CO. The molecule has 1 saturated carbocycles. The maximum atomic E-state index is 12.4. The smallest absolute Gasteiger partial charge is 0.444 e. The van der Waals surface area contributed by atoms with Gasteiger partial charge in [-0.1, -0.05) is 0 Å². The van der Waals surface area contributed by atoms with Gasteiger partial charge in [-0.15, -0.1) is 13.2 Å². The molecule has 4 atom stereocenters. The third-order valence-electron chi connectivity index (χ3n) is 3.85. The molecule has 2 rings (SSSR count). The highest BCUT2D eigenvalue weighted by Gasteiger charge is 2.56. The molecule has 2 aliphatic rings. The van der Waals surface area contributed by atoms with Crippen LogP contribution in [0.4, 0.5) is 18.0 Å². The van der Waals surface area contributed by atoms with Crippen LogP contribution in [-0.4, -0.2) is 52.9 Å². The molecule has 21 heavy (non-hydrogen) atoms. The van der Waals surface area contributed by atoms with Crippen molar-refractivity contribution >= 4 is 6.09 Å². The van der Waals surface area contributed by atoms with Crippen LogP contribution in [0.2, 0.25) is 0 Å². The average molecular weight is 311 g/mol. The van der Waals surface area contributed by atoms with E-state index in [1.807, 2.05) is 0 Å². The van der Waals surface area contributed by atoms with Crippen molar-refractivity contribution in [2.45, 2.75) is 63.8 Å². The molecule has 2 bridgehead atoms. The maximum absolute atomic E-state index is 12.4. The summed E-state index contributed by atoms with van der Waals surface area (Å²) in [6.45, 7) is 4.73. The van der Waals surface area contributed by atoms with Crippen LogP contribution in [0.5, 0.6) is 0 Å². The third kappa shape index (κ3) is 3.60. The number of rotatable bonds is 2. The van der Waals surface area contributed by atoms with Crippen LogP contribution in [0, 0.1) is 5.92 Å². The van der Waals surface area contributed by atoms with Crippen molar-refractivity contribution in [3.8, 4) is 0 Å². The molecule has 8 heteroatoms. The number of hydrogen-bond donors (Lipinski definition) is 1. The van der Waals surface area contributed by atoms with E-state index in [-0.39, 0.29) is 12.5 Å². The van der Waals surface area contributed by atoms with Crippen molar-refractivity contribution in [3.63, 3.8) is 0 Å². The number of ether oxygens (including phenoxy) is 2. The number of amides is 1. The van der Waals surface area contributed by atoms with Crippen LogP contribution in [0.25, 0.3) is 0 Å². The lowest BCUT2D eigenvalue weighted by molar-refractivity contribution is -0.349. The summed E-state index contributed by atoms with van der Waals surface area (Å²) in [4.78, 5) is 13.5. The zero-order valence-corrected chi connectivity index (χ0v) is 12.2. The Bertz CT molecular complexity index is 407. The minimum absolute atomic E-state index is 0.111. The van der Waals surface area contributed by atoms with Gasteiger partial charge < -0.3 is 9.84 Å². The van der Waals surface area contributed by atoms with Gasteiger partial charge in [-0.3, -0.25) is 9.64 Å². The van der Waals surface area contributed by atoms with Gasteiger partial charge in [-0.05, 0) is 33.6 Å². The number of nitrogens with zero attached hydrogens (tertiary/aromatic N) is 1. The first-order valence-electron chi connectivity index (χ1n) is 6.88. The van der Waals surface area contributed by atoms with E-state index in [9.17, 15) is 23.1 Å². The first-order chi connectivity index (χ1) is 9.52. The fourth-order valence-corrected chi connectivity index (χ4v) is 3.24. The number of fused-ring (bicyclic) bond motifs is 2. The number of carbonyl (C=O) groups is 1. The molecule has 0 unspecified atom stereocenters. The summed E-state index contributed by atoms with van der Waals surface area (Å²) in [6.07, 6.45) is -5.80. The van der Waals surface area contributed by atoms with Gasteiger partial charge in [0.05, 0.1) is 18.8 Å². The van der Waals surface area contributed by atoms with Gasteiger partial charge >= 0.3 is 12.5 Å². The zero-order chi connectivity index (χ0) is 16.0. The van der Waals surface area contributed by atoms with Crippen LogP contribution in [0.3, 0.4) is 0 Å². The minimum atomic E-state index is -4.70. The minimum Gasteiger partial charge on any atom is -0.444 e. The molecule has 0 aromatic rings. The molecule has 5 nitrogen and oxygen atoms in total. The first-order valence-corrected chi connectivity index (χ1v) is 6.88. The van der Waals surface area contributed by atoms with E-state index in [4.69, 9.17) is 4.74 Å². The molecular formula is C13H20F3NO4. The van der Waals surface area contributed by atoms with Crippen molar-refractivity contribution < 1.29 is 32.5 Å². The summed E-state index contributed by atoms with van der Waals surface area (Å²) in [7, 11) is 0. The fraction of sp³-hybridized carbons (Fsp3) is 0.923. The Morgan fingerprint density at radius 3 is 2.38 bits per heavy atom. The second-order valence-corrected chi connectivity index (χ2v) is 6.53. The normalized spacial score (nSPS) is 32.6. The van der Waals surface area contributed by atoms with Crippen LogP contribution in [0.1, 0.15) is 33.6 Å². The van der Waals surface area contributed by atoms with E-state index in [0.717, 1.165) is 0 Å². The lowest BCUT2D eigenvalue weighted by Crippen LogP contribution is -2.53. The number of aliphatic hydroxyl groups is 1. The van der Waals surface area contributed by atoms with Crippen LogP contribution < -0.4 is 0 Å². The lowest BCUT2D eigenvalue weighted by atomic mass is 9.96. The summed E-state index contributed by atoms with van der Waals surface area (Å²) in [5.74, 6) is -0.519. The van der Waals surface area contributed by atoms with Crippen molar-refractivity contribution in [2.24, 2.45) is 5.92 Å². The van der Waals surface area contributed by atoms with Gasteiger partial charge in [-0.2, -0.15) is 0 Å². The quantitative estimate of drug-likeness (QED) is 0.850. The summed E-state index contributed by atoms with van der Waals surface area (Å²) in [5.41, 5.74) is -0.694. The number of alkyl halides is 3. The van der Waals surface area contributed by atoms with E-state index >= 15 is 0 Å². The summed E-state index contributed by atoms with van der Waals surface area (Å²) < 4.78 is 46.4. The van der Waals surface area contributed by atoms with E-state index in [1.165, 1.54) is 4.90 Å². The average Bonchev–Trinajstić information content (AvgIpc) is 2.80. The topological polar surface area (TPSA) is 59.0 Å². The molecule has 1 amide bonds. The van der Waals surface area contributed by atoms with E-state index in [2.05, 4.69) is 4.74 Å². The molecule has 0 aromatic heterocycles. The van der Waals surface area contributed by atoms with Crippen LogP contribution in [-0.2, 0) is 9.47 Å². The number of hydrogen-bond acceptors (Lipinski definition) is 4. The van der Waals surface area contributed by atoms with E-state index < -0.39 is 42.7 Å². The van der Waals surface area contributed by atoms with Crippen LogP contribution >= 0.6 is 0 Å². The standard InChI is InChI=1S/C13H20F3NO4/c1-12(2,3)21-11(19)17-7-4-8(9(17)6-18)10(5-7)20-13(14,15)16/h7-10,18H,4-6H2,1-3H3/t7-,8-,9+,10+/m1/s1. The molecule has 0 radical (unpaired) electrons. The van der Waals surface area contributed by atoms with Crippen molar-refractivity contribution in [2.75, 3.05) is 6.61 Å². The summed E-state index contributed by atoms with van der Waals surface area (Å²) in [6, 6.07) is -1.07. The van der Waals surface area contributed by atoms with Gasteiger partial charge in [0.1, 0.15) is 5.60 Å². The third-order valence-corrected chi connectivity index (χ3v) is 3.85. The maximum Gasteiger partial charge on any atom is 0.522 e. The first kappa shape index (κ1) is 16.4. The number of piperidine rings is 1. The predicted octanol–water partition coefficient (Wildman–Crippen LogP) is 2.28. The molecule has 1 aliphatic heterocycles. The highest BCUT2D eigenvalue weighted by molar-refractivity contribution is 5.70. The molecule has 1 saturated heterocycles. The molecule has 1 heterocycles. The van der Waals surface area contributed by atoms with E-state index in [1.54, 1.807) is 20.8 Å². The Labute approximate surface area is 121 Å². The van der Waals surface area contributed by atoms with Crippen molar-refractivity contribution in [1.82, 2.24) is 4.90 Å². The van der Waals surface area contributed by atoms with Crippen LogP contribution in [0.15, 0.2) is 0 Å². The molecule has 1 N–H and O–H groups in total. The van der Waals surface area contributed by atoms with Crippen molar-refractivity contribution in [1.29, 1.82) is 0 Å². The van der Waals surface area contributed by atoms with Gasteiger partial charge in [0.25, 0.3) is 0 Å². The molecular weight excluding hydrogens is 291 g/mol. The Kier molecular flexibility index (Phi) is 4.14. The Morgan fingerprint density at radius 2 is 1.90 bits per heavy atom. The van der Waals surface area contributed by atoms with Gasteiger partial charge in [0.2, 0.25) is 0 Å². The van der Waals surface area contributed by atoms with Crippen molar-refractivity contribution in [3.05, 3.63) is 0 Å². The van der Waals surface area contributed by atoms with Gasteiger partial charge in [0.15, 0.2) is 0 Å². The predicted molar refractivity (Wildman–Crippen MR) is 66.4 cm³/mol. The number of halogens is 3. The largest absolute Gasteiger partial charge is 0.522 e.